The van der Waals surface area contributed by atoms with Crippen LogP contribution in [0.5, 0.6) is 0 Å². The van der Waals surface area contributed by atoms with Gasteiger partial charge in [-0.3, -0.25) is 4.68 Å². The second-order valence-electron chi connectivity index (χ2n) is 4.17. The third-order valence-corrected chi connectivity index (χ3v) is 3.44. The number of aromatic nitrogens is 2. The molecule has 0 radical (unpaired) electrons. The largest absolute Gasteiger partial charge is 0.310 e. The first-order chi connectivity index (χ1) is 7.22. The van der Waals surface area contributed by atoms with Gasteiger partial charge < -0.3 is 4.18 Å². The zero-order chi connectivity index (χ0) is 10.8. The molecule has 1 aromatic rings. The maximum atomic E-state index is 5.69. The summed E-state index contributed by atoms with van der Waals surface area (Å²) in [6, 6.07) is 2.57. The molecule has 0 bridgehead atoms. The summed E-state index contributed by atoms with van der Waals surface area (Å²) in [5, 5.41) is 4.55. The van der Waals surface area contributed by atoms with Gasteiger partial charge in [-0.15, -0.1) is 0 Å². The van der Waals surface area contributed by atoms with Crippen LogP contribution < -0.4 is 0 Å². The summed E-state index contributed by atoms with van der Waals surface area (Å²) in [5.74, 6) is 0. The maximum absolute atomic E-state index is 5.69. The standard InChI is InChI=1S/C11H18N2OS/c1-8-7-9(2)13(12-8)10-5-4-6-11(10)14-15-3/h7,10-11H,4-6H2,1-3H3. The van der Waals surface area contributed by atoms with Crippen molar-refractivity contribution in [3.63, 3.8) is 0 Å². The summed E-state index contributed by atoms with van der Waals surface area (Å²) in [6.45, 7) is 4.16. The van der Waals surface area contributed by atoms with Crippen molar-refractivity contribution < 1.29 is 4.18 Å². The third kappa shape index (κ3) is 2.21. The van der Waals surface area contributed by atoms with E-state index in [1.54, 1.807) is 0 Å². The molecule has 0 spiro atoms. The van der Waals surface area contributed by atoms with Gasteiger partial charge in [0, 0.05) is 11.9 Å². The second kappa shape index (κ2) is 4.58. The van der Waals surface area contributed by atoms with Crippen LogP contribution in [0.3, 0.4) is 0 Å². The van der Waals surface area contributed by atoms with E-state index >= 15 is 0 Å². The molecule has 1 heterocycles. The number of hydrogen-bond acceptors (Lipinski definition) is 3. The fourth-order valence-electron chi connectivity index (χ4n) is 2.40. The first-order valence-electron chi connectivity index (χ1n) is 5.44. The molecule has 1 aliphatic carbocycles. The van der Waals surface area contributed by atoms with Crippen LogP contribution in [-0.4, -0.2) is 22.1 Å². The van der Waals surface area contributed by atoms with E-state index < -0.39 is 0 Å². The van der Waals surface area contributed by atoms with Gasteiger partial charge in [-0.25, -0.2) is 0 Å². The van der Waals surface area contributed by atoms with E-state index in [1.165, 1.54) is 30.6 Å². The Balaban J connectivity index is 2.18. The Morgan fingerprint density at radius 2 is 2.27 bits per heavy atom. The summed E-state index contributed by atoms with van der Waals surface area (Å²) in [7, 11) is 0. The molecule has 0 aromatic carbocycles. The smallest absolute Gasteiger partial charge is 0.0945 e. The normalized spacial score (nSPS) is 26.1. The van der Waals surface area contributed by atoms with Crippen molar-refractivity contribution in [2.24, 2.45) is 0 Å². The monoisotopic (exact) mass is 226 g/mol. The molecule has 0 saturated heterocycles. The van der Waals surface area contributed by atoms with E-state index in [0.29, 0.717) is 12.1 Å². The van der Waals surface area contributed by atoms with Crippen LogP contribution in [0.1, 0.15) is 36.7 Å². The van der Waals surface area contributed by atoms with E-state index in [2.05, 4.69) is 22.8 Å². The third-order valence-electron chi connectivity index (χ3n) is 3.00. The molecule has 4 heteroatoms. The Kier molecular flexibility index (Phi) is 3.36. The number of nitrogens with zero attached hydrogens (tertiary/aromatic N) is 2. The average molecular weight is 226 g/mol. The molecule has 2 rings (SSSR count). The lowest BCUT2D eigenvalue weighted by molar-refractivity contribution is 0.184. The minimum absolute atomic E-state index is 0.331. The topological polar surface area (TPSA) is 27.1 Å². The Morgan fingerprint density at radius 3 is 2.87 bits per heavy atom. The van der Waals surface area contributed by atoms with Crippen LogP contribution in [0, 0.1) is 13.8 Å². The van der Waals surface area contributed by atoms with Gasteiger partial charge in [-0.2, -0.15) is 5.10 Å². The van der Waals surface area contributed by atoms with E-state index in [9.17, 15) is 0 Å². The van der Waals surface area contributed by atoms with Gasteiger partial charge in [0.05, 0.1) is 17.8 Å². The number of rotatable bonds is 3. The zero-order valence-corrected chi connectivity index (χ0v) is 10.4. The van der Waals surface area contributed by atoms with E-state index in [0.717, 1.165) is 12.1 Å². The highest BCUT2D eigenvalue weighted by Crippen LogP contribution is 2.34. The molecule has 1 aromatic heterocycles. The highest BCUT2D eigenvalue weighted by atomic mass is 32.2. The van der Waals surface area contributed by atoms with Crippen LogP contribution in [0.4, 0.5) is 0 Å². The Bertz CT molecular complexity index is 337. The maximum Gasteiger partial charge on any atom is 0.0945 e. The Labute approximate surface area is 95.4 Å². The van der Waals surface area contributed by atoms with E-state index in [4.69, 9.17) is 4.18 Å². The lowest BCUT2D eigenvalue weighted by Gasteiger charge is -2.20. The predicted molar refractivity (Wildman–Crippen MR) is 63.0 cm³/mol. The van der Waals surface area contributed by atoms with Crippen LogP contribution in [0.25, 0.3) is 0 Å². The first-order valence-corrected chi connectivity index (χ1v) is 6.59. The van der Waals surface area contributed by atoms with Crippen molar-refractivity contribution in [3.05, 3.63) is 17.5 Å². The fraction of sp³-hybridized carbons (Fsp3) is 0.727. The molecule has 1 aliphatic rings. The molecule has 1 saturated carbocycles. The molecule has 3 nitrogen and oxygen atoms in total. The molecule has 0 aliphatic heterocycles. The summed E-state index contributed by atoms with van der Waals surface area (Å²) >= 11 is 1.47. The zero-order valence-electron chi connectivity index (χ0n) is 9.56. The number of hydrogen-bond donors (Lipinski definition) is 0. The minimum atomic E-state index is 0.331. The lowest BCUT2D eigenvalue weighted by Crippen LogP contribution is -2.21. The molecule has 2 atom stereocenters. The Morgan fingerprint density at radius 1 is 1.47 bits per heavy atom. The minimum Gasteiger partial charge on any atom is -0.310 e. The predicted octanol–water partition coefficient (Wildman–Crippen LogP) is 2.89. The van der Waals surface area contributed by atoms with Crippen molar-refractivity contribution >= 4 is 12.0 Å². The van der Waals surface area contributed by atoms with Gasteiger partial charge in [0.15, 0.2) is 0 Å². The van der Waals surface area contributed by atoms with Crippen molar-refractivity contribution in [2.75, 3.05) is 6.26 Å². The summed E-state index contributed by atoms with van der Waals surface area (Å²) in [4.78, 5) is 0. The van der Waals surface area contributed by atoms with Crippen LogP contribution >= 0.6 is 12.0 Å². The molecule has 84 valence electrons. The van der Waals surface area contributed by atoms with Crippen molar-refractivity contribution in [2.45, 2.75) is 45.3 Å². The highest BCUT2D eigenvalue weighted by molar-refractivity contribution is 7.93. The first kappa shape index (κ1) is 11.0. The van der Waals surface area contributed by atoms with Gasteiger partial charge in [-0.05, 0) is 51.2 Å². The molecular weight excluding hydrogens is 208 g/mol. The fourth-order valence-corrected chi connectivity index (χ4v) is 2.88. The van der Waals surface area contributed by atoms with Crippen molar-refractivity contribution in [1.29, 1.82) is 0 Å². The van der Waals surface area contributed by atoms with Gasteiger partial charge in [0.1, 0.15) is 0 Å². The SMILES string of the molecule is CSOC1CCCC1n1nc(C)cc1C. The molecule has 0 N–H and O–H groups in total. The van der Waals surface area contributed by atoms with Crippen molar-refractivity contribution in [3.8, 4) is 0 Å². The van der Waals surface area contributed by atoms with Gasteiger partial charge >= 0.3 is 0 Å². The number of aryl methyl sites for hydroxylation is 2. The molecule has 0 amide bonds. The molecule has 1 fully saturated rings. The molecule has 15 heavy (non-hydrogen) atoms. The lowest BCUT2D eigenvalue weighted by atomic mass is 10.2. The van der Waals surface area contributed by atoms with Crippen LogP contribution in [0.15, 0.2) is 6.07 Å². The van der Waals surface area contributed by atoms with E-state index in [1.807, 2.05) is 13.2 Å². The van der Waals surface area contributed by atoms with Crippen molar-refractivity contribution in [1.82, 2.24) is 9.78 Å². The average Bonchev–Trinajstić information content (AvgIpc) is 2.73. The van der Waals surface area contributed by atoms with Gasteiger partial charge in [-0.1, -0.05) is 0 Å². The Hall–Kier alpha value is -0.480. The van der Waals surface area contributed by atoms with Gasteiger partial charge in [0.2, 0.25) is 0 Å². The molecule has 2 unspecified atom stereocenters. The van der Waals surface area contributed by atoms with Crippen LogP contribution in [0.2, 0.25) is 0 Å². The van der Waals surface area contributed by atoms with Crippen LogP contribution in [-0.2, 0) is 4.18 Å². The molecular formula is C11H18N2OS. The van der Waals surface area contributed by atoms with Gasteiger partial charge in [0.25, 0.3) is 0 Å². The summed E-state index contributed by atoms with van der Waals surface area (Å²) < 4.78 is 7.83. The summed E-state index contributed by atoms with van der Waals surface area (Å²) in [6.07, 6.45) is 5.90. The quantitative estimate of drug-likeness (QED) is 0.742. The second-order valence-corrected chi connectivity index (χ2v) is 4.70. The van der Waals surface area contributed by atoms with E-state index in [-0.39, 0.29) is 0 Å². The summed E-state index contributed by atoms with van der Waals surface area (Å²) in [5.41, 5.74) is 2.34. The highest BCUT2D eigenvalue weighted by Gasteiger charge is 2.31.